The monoisotopic (exact) mass is 422 g/mol. The Kier molecular flexibility index (Phi) is 7.86. The van der Waals surface area contributed by atoms with Crippen LogP contribution in [0.1, 0.15) is 23.9 Å². The molecule has 31 heavy (non-hydrogen) atoms. The minimum Gasteiger partial charge on any atom is -0.497 e. The molecule has 164 valence electrons. The summed E-state index contributed by atoms with van der Waals surface area (Å²) in [5, 5.41) is 13.9. The fourth-order valence-electron chi connectivity index (χ4n) is 3.08. The van der Waals surface area contributed by atoms with Gasteiger partial charge in [0.1, 0.15) is 23.9 Å². The number of methoxy groups -OCH3 is 2. The summed E-state index contributed by atoms with van der Waals surface area (Å²) < 4.78 is 10.6. The van der Waals surface area contributed by atoms with Gasteiger partial charge in [0.25, 0.3) is 0 Å². The molecule has 0 radical (unpaired) electrons. The molecule has 0 unspecified atom stereocenters. The van der Waals surface area contributed by atoms with Crippen LogP contribution in [0, 0.1) is 6.92 Å². The number of aromatic amines is 1. The number of aliphatic imine (C=N–C) groups is 1. The molecule has 0 aliphatic rings. The van der Waals surface area contributed by atoms with Crippen LogP contribution in [-0.4, -0.2) is 48.5 Å². The van der Waals surface area contributed by atoms with Gasteiger partial charge in [0.2, 0.25) is 0 Å². The van der Waals surface area contributed by atoms with Crippen LogP contribution in [0.4, 0.5) is 0 Å². The van der Waals surface area contributed by atoms with Crippen LogP contribution in [0.15, 0.2) is 47.5 Å². The van der Waals surface area contributed by atoms with Crippen LogP contribution >= 0.6 is 0 Å². The molecule has 0 aliphatic carbocycles. The van der Waals surface area contributed by atoms with E-state index in [4.69, 9.17) is 9.47 Å². The van der Waals surface area contributed by atoms with E-state index < -0.39 is 0 Å². The largest absolute Gasteiger partial charge is 0.497 e. The number of aromatic nitrogens is 3. The molecule has 8 nitrogen and oxygen atoms in total. The number of H-pyrrole nitrogens is 1. The smallest absolute Gasteiger partial charge is 0.191 e. The molecule has 8 heteroatoms. The quantitative estimate of drug-likeness (QED) is 0.362. The van der Waals surface area contributed by atoms with Gasteiger partial charge in [-0.05, 0) is 61.7 Å². The maximum Gasteiger partial charge on any atom is 0.191 e. The summed E-state index contributed by atoms with van der Waals surface area (Å²) in [6.07, 6.45) is 0.866. The first-order valence-electron chi connectivity index (χ1n) is 10.3. The van der Waals surface area contributed by atoms with Gasteiger partial charge >= 0.3 is 0 Å². The van der Waals surface area contributed by atoms with Gasteiger partial charge < -0.3 is 20.1 Å². The maximum absolute atomic E-state index is 5.41. The van der Waals surface area contributed by atoms with Gasteiger partial charge in [0, 0.05) is 18.7 Å². The van der Waals surface area contributed by atoms with Crippen molar-refractivity contribution >= 4 is 5.96 Å². The van der Waals surface area contributed by atoms with Crippen molar-refractivity contribution in [2.45, 2.75) is 26.8 Å². The number of rotatable bonds is 9. The average molecular weight is 423 g/mol. The second kappa shape index (κ2) is 11.0. The van der Waals surface area contributed by atoms with Crippen molar-refractivity contribution in [3.8, 4) is 22.9 Å². The Morgan fingerprint density at radius 1 is 1.06 bits per heavy atom. The summed E-state index contributed by atoms with van der Waals surface area (Å²) in [7, 11) is 3.34. The highest BCUT2D eigenvalue weighted by Crippen LogP contribution is 2.20. The number of aryl methyl sites for hydroxylation is 1. The number of hydrogen-bond donors (Lipinski definition) is 3. The molecule has 0 saturated carbocycles. The molecule has 0 bridgehead atoms. The van der Waals surface area contributed by atoms with E-state index in [-0.39, 0.29) is 0 Å². The van der Waals surface area contributed by atoms with E-state index in [0.29, 0.717) is 18.2 Å². The fraction of sp³-hybridized carbons (Fsp3) is 0.348. The molecule has 0 amide bonds. The molecule has 3 rings (SSSR count). The number of nitrogens with one attached hydrogen (secondary N) is 3. The molecule has 3 aromatic rings. The number of benzene rings is 2. The number of ether oxygens (including phenoxy) is 2. The van der Waals surface area contributed by atoms with Gasteiger partial charge in [-0.15, -0.1) is 0 Å². The van der Waals surface area contributed by atoms with Crippen LogP contribution in [0.3, 0.4) is 0 Å². The van der Waals surface area contributed by atoms with Gasteiger partial charge in [0.05, 0.1) is 14.2 Å². The molecule has 0 aliphatic heterocycles. The Balaban J connectivity index is 1.57. The van der Waals surface area contributed by atoms with Gasteiger partial charge in [0.15, 0.2) is 11.8 Å². The third kappa shape index (κ3) is 6.21. The molecule has 0 saturated heterocycles. The van der Waals surface area contributed by atoms with Gasteiger partial charge in [-0.25, -0.2) is 9.98 Å². The van der Waals surface area contributed by atoms with E-state index in [0.717, 1.165) is 48.1 Å². The third-order valence-electron chi connectivity index (χ3n) is 4.79. The molecule has 3 N–H and O–H groups in total. The first-order valence-corrected chi connectivity index (χ1v) is 10.3. The second-order valence-corrected chi connectivity index (χ2v) is 7.01. The lowest BCUT2D eigenvalue weighted by Gasteiger charge is -2.12. The molecule has 2 aromatic carbocycles. The van der Waals surface area contributed by atoms with Gasteiger partial charge in [-0.1, -0.05) is 12.1 Å². The van der Waals surface area contributed by atoms with Crippen molar-refractivity contribution in [1.29, 1.82) is 0 Å². The van der Waals surface area contributed by atoms with Crippen LogP contribution in [0.5, 0.6) is 11.5 Å². The van der Waals surface area contributed by atoms with Crippen LogP contribution in [-0.2, 0) is 13.0 Å². The Morgan fingerprint density at radius 2 is 1.87 bits per heavy atom. The molecule has 0 spiro atoms. The van der Waals surface area contributed by atoms with Crippen molar-refractivity contribution in [3.05, 3.63) is 59.4 Å². The number of nitrogens with zero attached hydrogens (tertiary/aromatic N) is 3. The summed E-state index contributed by atoms with van der Waals surface area (Å²) >= 11 is 0. The van der Waals surface area contributed by atoms with E-state index >= 15 is 0 Å². The highest BCUT2D eigenvalue weighted by molar-refractivity contribution is 5.79. The first-order chi connectivity index (χ1) is 15.1. The average Bonchev–Trinajstić information content (AvgIpc) is 3.27. The Labute approximate surface area is 183 Å². The standard InChI is InChI=1S/C23H30N6O2/c1-5-24-23(25-13-12-17-7-6-16(2)20(14-17)31-4)26-15-21-27-22(29-28-21)18-8-10-19(30-3)11-9-18/h6-11,14H,5,12-13,15H2,1-4H3,(H2,24,25,26)(H,27,28,29). The van der Waals surface area contributed by atoms with Crippen molar-refractivity contribution in [3.63, 3.8) is 0 Å². The predicted molar refractivity (Wildman–Crippen MR) is 123 cm³/mol. The normalized spacial score (nSPS) is 11.3. The van der Waals surface area contributed by atoms with Crippen LogP contribution in [0.2, 0.25) is 0 Å². The predicted octanol–water partition coefficient (Wildman–Crippen LogP) is 3.10. The van der Waals surface area contributed by atoms with Crippen LogP contribution in [0.25, 0.3) is 11.4 Å². The summed E-state index contributed by atoms with van der Waals surface area (Å²) in [5.74, 6) is 3.79. The maximum atomic E-state index is 5.41. The van der Waals surface area contributed by atoms with E-state index in [9.17, 15) is 0 Å². The fourth-order valence-corrected chi connectivity index (χ4v) is 3.08. The Morgan fingerprint density at radius 3 is 2.58 bits per heavy atom. The van der Waals surface area contributed by atoms with Gasteiger partial charge in [-0.2, -0.15) is 5.10 Å². The summed E-state index contributed by atoms with van der Waals surface area (Å²) in [6, 6.07) is 13.9. The van der Waals surface area contributed by atoms with Crippen molar-refractivity contribution in [2.75, 3.05) is 27.3 Å². The minimum absolute atomic E-state index is 0.400. The zero-order valence-corrected chi connectivity index (χ0v) is 18.5. The zero-order chi connectivity index (χ0) is 22.1. The molecular formula is C23H30N6O2. The molecule has 0 fully saturated rings. The SMILES string of the molecule is CCNC(=NCc1nc(-c2ccc(OC)cc2)n[nH]1)NCCc1ccc(C)c(OC)c1. The molecule has 1 aromatic heterocycles. The van der Waals surface area contributed by atoms with E-state index in [2.05, 4.69) is 49.0 Å². The molecular weight excluding hydrogens is 392 g/mol. The third-order valence-corrected chi connectivity index (χ3v) is 4.79. The lowest BCUT2D eigenvalue weighted by atomic mass is 10.1. The minimum atomic E-state index is 0.400. The highest BCUT2D eigenvalue weighted by Gasteiger charge is 2.07. The van der Waals surface area contributed by atoms with Crippen molar-refractivity contribution in [2.24, 2.45) is 4.99 Å². The van der Waals surface area contributed by atoms with Crippen molar-refractivity contribution in [1.82, 2.24) is 25.8 Å². The molecule has 1 heterocycles. The van der Waals surface area contributed by atoms with Crippen LogP contribution < -0.4 is 20.1 Å². The van der Waals surface area contributed by atoms with E-state index in [1.54, 1.807) is 14.2 Å². The highest BCUT2D eigenvalue weighted by atomic mass is 16.5. The lowest BCUT2D eigenvalue weighted by molar-refractivity contribution is 0.411. The van der Waals surface area contributed by atoms with E-state index in [1.165, 1.54) is 5.56 Å². The Hall–Kier alpha value is -3.55. The van der Waals surface area contributed by atoms with E-state index in [1.807, 2.05) is 38.1 Å². The number of guanidine groups is 1. The Bertz CT molecular complexity index is 998. The van der Waals surface area contributed by atoms with Crippen molar-refractivity contribution < 1.29 is 9.47 Å². The topological polar surface area (TPSA) is 96.5 Å². The van der Waals surface area contributed by atoms with Gasteiger partial charge in [-0.3, -0.25) is 5.10 Å². The number of hydrogen-bond acceptors (Lipinski definition) is 5. The summed E-state index contributed by atoms with van der Waals surface area (Å²) in [4.78, 5) is 9.15. The summed E-state index contributed by atoms with van der Waals surface area (Å²) in [6.45, 7) is 6.01. The summed E-state index contributed by atoms with van der Waals surface area (Å²) in [5.41, 5.74) is 3.27. The molecule has 0 atom stereocenters. The second-order valence-electron chi connectivity index (χ2n) is 7.01. The zero-order valence-electron chi connectivity index (χ0n) is 18.5. The lowest BCUT2D eigenvalue weighted by Crippen LogP contribution is -2.38. The first kappa shape index (κ1) is 22.1.